The summed E-state index contributed by atoms with van der Waals surface area (Å²) < 4.78 is 71.6. The number of hydrogen-bond donors (Lipinski definition) is 2. The fraction of sp³-hybridized carbons (Fsp3) is 0.192. The molecule has 1 aliphatic heterocycles. The standard InChI is InChI=1S/C26H22F3N5O4S2/c1-33(19-5-6-23-21(13-19)30-14-39-23)25(35)22(11-15-9-17(27)12-18(28)10-15)31-26(36)32-40(37,38)34-8-7-16-3-2-4-20(29)24(16)34/h2-6,9-10,12-14,22H,7-8,11H2,1H3,(H2,31,32,36). The van der Waals surface area contributed by atoms with Crippen molar-refractivity contribution in [2.45, 2.75) is 18.9 Å². The van der Waals surface area contributed by atoms with E-state index in [1.54, 1.807) is 29.8 Å². The Kier molecular flexibility index (Phi) is 7.38. The van der Waals surface area contributed by atoms with E-state index in [1.807, 2.05) is 4.72 Å². The number of rotatable bonds is 7. The molecule has 1 aliphatic rings. The fourth-order valence-electron chi connectivity index (χ4n) is 4.56. The number of anilines is 2. The number of benzene rings is 3. The summed E-state index contributed by atoms with van der Waals surface area (Å²) in [7, 11) is -3.12. The Bertz CT molecular complexity index is 1710. The molecule has 1 atom stereocenters. The quantitative estimate of drug-likeness (QED) is 0.340. The highest BCUT2D eigenvalue weighted by Crippen LogP contribution is 2.32. The minimum Gasteiger partial charge on any atom is -0.325 e. The van der Waals surface area contributed by atoms with Crippen molar-refractivity contribution < 1.29 is 31.2 Å². The largest absolute Gasteiger partial charge is 0.330 e. The summed E-state index contributed by atoms with van der Waals surface area (Å²) in [4.78, 5) is 31.9. The molecular formula is C26H22F3N5O4S2. The maximum Gasteiger partial charge on any atom is 0.330 e. The lowest BCUT2D eigenvalue weighted by molar-refractivity contribution is -0.120. The molecule has 5 rings (SSSR count). The van der Waals surface area contributed by atoms with Crippen molar-refractivity contribution in [3.8, 4) is 0 Å². The SMILES string of the molecule is CN(C(=O)C(Cc1cc(F)cc(F)c1)NC(=O)NS(=O)(=O)N1CCc2cccc(F)c21)c1ccc2scnc2c1. The van der Waals surface area contributed by atoms with Gasteiger partial charge in [0.1, 0.15) is 23.5 Å². The molecular weight excluding hydrogens is 567 g/mol. The van der Waals surface area contributed by atoms with Crippen LogP contribution in [-0.2, 0) is 27.8 Å². The molecule has 2 N–H and O–H groups in total. The molecule has 14 heteroatoms. The Morgan fingerprint density at radius 2 is 1.85 bits per heavy atom. The van der Waals surface area contributed by atoms with Crippen LogP contribution in [0.15, 0.2) is 60.1 Å². The van der Waals surface area contributed by atoms with Gasteiger partial charge < -0.3 is 10.2 Å². The van der Waals surface area contributed by atoms with Crippen molar-refractivity contribution in [1.29, 1.82) is 0 Å². The van der Waals surface area contributed by atoms with Crippen LogP contribution in [0.25, 0.3) is 10.2 Å². The van der Waals surface area contributed by atoms with Crippen LogP contribution in [0, 0.1) is 17.5 Å². The van der Waals surface area contributed by atoms with Crippen LogP contribution < -0.4 is 19.2 Å². The normalized spacial score (nSPS) is 13.7. The number of halogens is 3. The average Bonchev–Trinajstić information content (AvgIpc) is 3.54. The van der Waals surface area contributed by atoms with E-state index in [0.717, 1.165) is 27.2 Å². The first-order valence-electron chi connectivity index (χ1n) is 12.0. The monoisotopic (exact) mass is 589 g/mol. The molecule has 0 saturated heterocycles. The zero-order valence-electron chi connectivity index (χ0n) is 20.9. The fourth-order valence-corrected chi connectivity index (χ4v) is 6.39. The summed E-state index contributed by atoms with van der Waals surface area (Å²) in [5, 5.41) is 2.31. The Morgan fingerprint density at radius 1 is 1.10 bits per heavy atom. The number of likely N-dealkylation sites (N-methyl/N-ethyl adjacent to an activating group) is 1. The number of carbonyl (C=O) groups excluding carboxylic acids is 2. The van der Waals surface area contributed by atoms with E-state index in [2.05, 4.69) is 10.3 Å². The molecule has 1 aromatic heterocycles. The summed E-state index contributed by atoms with van der Waals surface area (Å²) in [5.41, 5.74) is 3.07. The van der Waals surface area contributed by atoms with E-state index in [0.29, 0.717) is 22.8 Å². The second-order valence-electron chi connectivity index (χ2n) is 9.09. The van der Waals surface area contributed by atoms with Gasteiger partial charge in [-0.3, -0.25) is 4.79 Å². The van der Waals surface area contributed by atoms with Gasteiger partial charge in [-0.2, -0.15) is 8.42 Å². The Hall–Kier alpha value is -4.17. The van der Waals surface area contributed by atoms with Gasteiger partial charge in [0.05, 0.1) is 21.4 Å². The molecule has 3 amide bonds. The number of aromatic nitrogens is 1. The lowest BCUT2D eigenvalue weighted by Crippen LogP contribution is -2.54. The molecule has 40 heavy (non-hydrogen) atoms. The number of nitrogens with zero attached hydrogens (tertiary/aromatic N) is 3. The van der Waals surface area contributed by atoms with Crippen LogP contribution in [0.4, 0.5) is 29.3 Å². The zero-order chi connectivity index (χ0) is 28.6. The number of hydrogen-bond acceptors (Lipinski definition) is 6. The van der Waals surface area contributed by atoms with Gasteiger partial charge in [-0.15, -0.1) is 11.3 Å². The maximum atomic E-state index is 14.4. The van der Waals surface area contributed by atoms with Gasteiger partial charge in [0.15, 0.2) is 0 Å². The maximum absolute atomic E-state index is 14.4. The predicted molar refractivity (Wildman–Crippen MR) is 145 cm³/mol. The van der Waals surface area contributed by atoms with E-state index >= 15 is 0 Å². The molecule has 0 radical (unpaired) electrons. The van der Waals surface area contributed by atoms with Gasteiger partial charge in [-0.1, -0.05) is 12.1 Å². The molecule has 0 spiro atoms. The van der Waals surface area contributed by atoms with Gasteiger partial charge in [0.25, 0.3) is 0 Å². The number of thiazole rings is 1. The van der Waals surface area contributed by atoms with E-state index in [4.69, 9.17) is 0 Å². The van der Waals surface area contributed by atoms with E-state index in [1.165, 1.54) is 29.4 Å². The topological polar surface area (TPSA) is 112 Å². The molecule has 9 nitrogen and oxygen atoms in total. The molecule has 0 aliphatic carbocycles. The minimum absolute atomic E-state index is 0.0536. The predicted octanol–water partition coefficient (Wildman–Crippen LogP) is 3.89. The summed E-state index contributed by atoms with van der Waals surface area (Å²) in [5.74, 6) is -3.22. The van der Waals surface area contributed by atoms with Crippen LogP contribution in [0.1, 0.15) is 11.1 Å². The Labute approximate surface area is 231 Å². The summed E-state index contributed by atoms with van der Waals surface area (Å²) in [6.45, 7) is -0.0916. The first-order valence-corrected chi connectivity index (χ1v) is 14.3. The first-order chi connectivity index (χ1) is 19.0. The smallest absolute Gasteiger partial charge is 0.325 e. The molecule has 1 unspecified atom stereocenters. The van der Waals surface area contributed by atoms with E-state index in [-0.39, 0.29) is 30.6 Å². The van der Waals surface area contributed by atoms with Crippen molar-refractivity contribution >= 4 is 55.1 Å². The van der Waals surface area contributed by atoms with Crippen LogP contribution in [0.3, 0.4) is 0 Å². The molecule has 4 aromatic rings. The highest BCUT2D eigenvalue weighted by atomic mass is 32.2. The van der Waals surface area contributed by atoms with Gasteiger partial charge in [0.2, 0.25) is 5.91 Å². The Balaban J connectivity index is 1.39. The summed E-state index contributed by atoms with van der Waals surface area (Å²) in [6, 6.07) is 9.21. The first kappa shape index (κ1) is 27.4. The second kappa shape index (κ2) is 10.8. The lowest BCUT2D eigenvalue weighted by Gasteiger charge is -2.26. The number of amides is 3. The van der Waals surface area contributed by atoms with Crippen LogP contribution in [-0.4, -0.2) is 45.0 Å². The second-order valence-corrected chi connectivity index (χ2v) is 11.6. The third kappa shape index (κ3) is 5.58. The third-order valence-electron chi connectivity index (χ3n) is 6.41. The van der Waals surface area contributed by atoms with Crippen molar-refractivity contribution in [3.05, 3.63) is 88.7 Å². The Morgan fingerprint density at radius 3 is 2.60 bits per heavy atom. The number of nitrogens with one attached hydrogen (secondary N) is 2. The van der Waals surface area contributed by atoms with Crippen LogP contribution in [0.5, 0.6) is 0 Å². The zero-order valence-corrected chi connectivity index (χ0v) is 22.5. The van der Waals surface area contributed by atoms with E-state index < -0.39 is 45.6 Å². The molecule has 0 fully saturated rings. The minimum atomic E-state index is -4.56. The number of urea groups is 1. The molecule has 2 heterocycles. The molecule has 208 valence electrons. The molecule has 0 bridgehead atoms. The number of para-hydroxylation sites is 1. The molecule has 0 saturated carbocycles. The van der Waals surface area contributed by atoms with Gasteiger partial charge in [-0.05, 0) is 53.9 Å². The van der Waals surface area contributed by atoms with Crippen molar-refractivity contribution in [2.75, 3.05) is 22.8 Å². The third-order valence-corrected chi connectivity index (χ3v) is 8.61. The van der Waals surface area contributed by atoms with Gasteiger partial charge >= 0.3 is 16.2 Å². The van der Waals surface area contributed by atoms with Gasteiger partial charge in [-0.25, -0.2) is 32.0 Å². The summed E-state index contributed by atoms with van der Waals surface area (Å²) >= 11 is 1.41. The number of carbonyl (C=O) groups is 2. The average molecular weight is 590 g/mol. The summed E-state index contributed by atoms with van der Waals surface area (Å²) in [6.07, 6.45) is -0.110. The van der Waals surface area contributed by atoms with E-state index in [9.17, 15) is 31.2 Å². The highest BCUT2D eigenvalue weighted by Gasteiger charge is 2.34. The van der Waals surface area contributed by atoms with Crippen LogP contribution in [0.2, 0.25) is 0 Å². The van der Waals surface area contributed by atoms with Crippen molar-refractivity contribution in [1.82, 2.24) is 15.0 Å². The van der Waals surface area contributed by atoms with Gasteiger partial charge in [0, 0.05) is 31.8 Å². The molecule has 3 aromatic carbocycles. The highest BCUT2D eigenvalue weighted by molar-refractivity contribution is 7.91. The van der Waals surface area contributed by atoms with Crippen LogP contribution >= 0.6 is 11.3 Å². The lowest BCUT2D eigenvalue weighted by atomic mass is 10.0. The van der Waals surface area contributed by atoms with Crippen molar-refractivity contribution in [2.24, 2.45) is 0 Å². The van der Waals surface area contributed by atoms with Crippen molar-refractivity contribution in [3.63, 3.8) is 0 Å². The number of fused-ring (bicyclic) bond motifs is 2.